The Hall–Kier alpha value is -1.16. The van der Waals surface area contributed by atoms with Crippen molar-refractivity contribution in [3.63, 3.8) is 0 Å². The summed E-state index contributed by atoms with van der Waals surface area (Å²) in [5.74, 6) is 1.32. The Bertz CT molecular complexity index is 314. The molecule has 0 aliphatic carbocycles. The van der Waals surface area contributed by atoms with Gasteiger partial charge in [-0.15, -0.1) is 5.10 Å². The van der Waals surface area contributed by atoms with Crippen molar-refractivity contribution in [3.05, 3.63) is 17.8 Å². The molecule has 1 aliphatic rings. The smallest absolute Gasteiger partial charge is 0.148 e. The molecule has 4 heteroatoms. The van der Waals surface area contributed by atoms with Crippen molar-refractivity contribution in [2.45, 2.75) is 38.6 Å². The molecule has 1 aromatic heterocycles. The van der Waals surface area contributed by atoms with Crippen molar-refractivity contribution in [3.8, 4) is 0 Å². The molecule has 16 heavy (non-hydrogen) atoms. The van der Waals surface area contributed by atoms with Gasteiger partial charge in [0.15, 0.2) is 0 Å². The van der Waals surface area contributed by atoms with Crippen molar-refractivity contribution in [2.75, 3.05) is 18.4 Å². The van der Waals surface area contributed by atoms with Gasteiger partial charge in [0.05, 0.1) is 5.69 Å². The molecule has 0 aromatic carbocycles. The quantitative estimate of drug-likeness (QED) is 0.812. The molecule has 0 amide bonds. The third-order valence-corrected chi connectivity index (χ3v) is 2.97. The minimum absolute atomic E-state index is 0.443. The molecule has 1 fully saturated rings. The second-order valence-corrected chi connectivity index (χ2v) is 4.67. The molecule has 2 N–H and O–H groups in total. The zero-order chi connectivity index (χ0) is 11.4. The molecule has 88 valence electrons. The summed E-state index contributed by atoms with van der Waals surface area (Å²) in [5.41, 5.74) is 1.05. The van der Waals surface area contributed by atoms with Gasteiger partial charge in [-0.05, 0) is 37.4 Å². The Morgan fingerprint density at radius 2 is 2.31 bits per heavy atom. The van der Waals surface area contributed by atoms with Gasteiger partial charge in [-0.2, -0.15) is 5.10 Å². The zero-order valence-electron chi connectivity index (χ0n) is 10.0. The van der Waals surface area contributed by atoms with E-state index in [1.54, 1.807) is 0 Å². The van der Waals surface area contributed by atoms with Crippen LogP contribution < -0.4 is 10.6 Å². The summed E-state index contributed by atoms with van der Waals surface area (Å²) >= 11 is 0. The van der Waals surface area contributed by atoms with E-state index < -0.39 is 0 Å². The first-order chi connectivity index (χ1) is 7.75. The lowest BCUT2D eigenvalue weighted by molar-refractivity contribution is 0.631. The van der Waals surface area contributed by atoms with Gasteiger partial charge in [0.1, 0.15) is 5.82 Å². The average molecular weight is 220 g/mol. The average Bonchev–Trinajstić information content (AvgIpc) is 2.80. The van der Waals surface area contributed by atoms with Crippen LogP contribution in [0.2, 0.25) is 0 Å². The Balaban J connectivity index is 1.84. The lowest BCUT2D eigenvalue weighted by atomic mass is 10.1. The van der Waals surface area contributed by atoms with Crippen molar-refractivity contribution < 1.29 is 0 Å². The molecule has 1 saturated heterocycles. The molecule has 0 saturated carbocycles. The van der Waals surface area contributed by atoms with Crippen LogP contribution in [0.25, 0.3) is 0 Å². The van der Waals surface area contributed by atoms with E-state index in [-0.39, 0.29) is 0 Å². The van der Waals surface area contributed by atoms with Crippen LogP contribution in [0.1, 0.15) is 38.3 Å². The summed E-state index contributed by atoms with van der Waals surface area (Å²) in [6.45, 7) is 6.33. The predicted octanol–water partition coefficient (Wildman–Crippen LogP) is 1.76. The van der Waals surface area contributed by atoms with Crippen molar-refractivity contribution in [2.24, 2.45) is 0 Å². The normalized spacial score (nSPS) is 20.3. The van der Waals surface area contributed by atoms with Crippen LogP contribution in [0, 0.1) is 0 Å². The maximum absolute atomic E-state index is 4.19. The summed E-state index contributed by atoms with van der Waals surface area (Å²) in [6, 6.07) is 4.64. The van der Waals surface area contributed by atoms with E-state index in [9.17, 15) is 0 Å². The molecule has 4 nitrogen and oxygen atoms in total. The summed E-state index contributed by atoms with van der Waals surface area (Å²) in [7, 11) is 0. The molecular weight excluding hydrogens is 200 g/mol. The van der Waals surface area contributed by atoms with E-state index in [2.05, 4.69) is 34.7 Å². The van der Waals surface area contributed by atoms with Crippen LogP contribution in [0.3, 0.4) is 0 Å². The van der Waals surface area contributed by atoms with Gasteiger partial charge in [-0.25, -0.2) is 0 Å². The predicted molar refractivity (Wildman–Crippen MR) is 65.6 cm³/mol. The molecule has 1 unspecified atom stereocenters. The number of hydrogen-bond acceptors (Lipinski definition) is 4. The molecule has 1 atom stereocenters. The number of nitrogens with zero attached hydrogens (tertiary/aromatic N) is 2. The highest BCUT2D eigenvalue weighted by atomic mass is 15.2. The van der Waals surface area contributed by atoms with Gasteiger partial charge in [0.2, 0.25) is 0 Å². The number of anilines is 1. The second kappa shape index (κ2) is 5.25. The topological polar surface area (TPSA) is 49.8 Å². The first kappa shape index (κ1) is 11.3. The number of nitrogens with one attached hydrogen (secondary N) is 2. The fourth-order valence-corrected chi connectivity index (χ4v) is 1.90. The molecule has 2 rings (SSSR count). The Kier molecular flexibility index (Phi) is 3.72. The summed E-state index contributed by atoms with van der Waals surface area (Å²) < 4.78 is 0. The second-order valence-electron chi connectivity index (χ2n) is 4.67. The van der Waals surface area contributed by atoms with E-state index >= 15 is 0 Å². The van der Waals surface area contributed by atoms with E-state index in [1.165, 1.54) is 12.8 Å². The first-order valence-electron chi connectivity index (χ1n) is 6.06. The Morgan fingerprint density at radius 3 is 2.88 bits per heavy atom. The molecule has 2 heterocycles. The highest BCUT2D eigenvalue weighted by molar-refractivity contribution is 5.33. The van der Waals surface area contributed by atoms with Crippen molar-refractivity contribution >= 4 is 5.82 Å². The maximum Gasteiger partial charge on any atom is 0.148 e. The minimum Gasteiger partial charge on any atom is -0.367 e. The van der Waals surface area contributed by atoms with E-state index in [1.807, 2.05) is 12.1 Å². The van der Waals surface area contributed by atoms with Crippen LogP contribution >= 0.6 is 0 Å². The maximum atomic E-state index is 4.19. The Morgan fingerprint density at radius 1 is 1.44 bits per heavy atom. The first-order valence-corrected chi connectivity index (χ1v) is 6.06. The number of rotatable bonds is 4. The number of hydrogen-bond donors (Lipinski definition) is 2. The standard InChI is InChI=1S/C12H20N4/c1-9(2)11-5-6-12(16-15-11)14-8-10-4-3-7-13-10/h5-6,9-10,13H,3-4,7-8H2,1-2H3,(H,14,16). The summed E-state index contributed by atoms with van der Waals surface area (Å²) in [5, 5.41) is 15.1. The van der Waals surface area contributed by atoms with Gasteiger partial charge in [-0.1, -0.05) is 13.8 Å². The molecule has 1 aliphatic heterocycles. The molecule has 0 spiro atoms. The van der Waals surface area contributed by atoms with Crippen LogP contribution in [0.4, 0.5) is 5.82 Å². The third kappa shape index (κ3) is 2.92. The van der Waals surface area contributed by atoms with Crippen LogP contribution in [0.15, 0.2) is 12.1 Å². The van der Waals surface area contributed by atoms with Crippen LogP contribution in [-0.2, 0) is 0 Å². The molecular formula is C12H20N4. The highest BCUT2D eigenvalue weighted by Crippen LogP contribution is 2.12. The van der Waals surface area contributed by atoms with E-state index in [4.69, 9.17) is 0 Å². The van der Waals surface area contributed by atoms with Crippen LogP contribution in [0.5, 0.6) is 0 Å². The van der Waals surface area contributed by atoms with Crippen molar-refractivity contribution in [1.29, 1.82) is 0 Å². The fourth-order valence-electron chi connectivity index (χ4n) is 1.90. The number of aromatic nitrogens is 2. The SMILES string of the molecule is CC(C)c1ccc(NCC2CCCN2)nn1. The van der Waals surface area contributed by atoms with Crippen LogP contribution in [-0.4, -0.2) is 29.3 Å². The minimum atomic E-state index is 0.443. The lowest BCUT2D eigenvalue weighted by Gasteiger charge is -2.11. The zero-order valence-corrected chi connectivity index (χ0v) is 10.0. The highest BCUT2D eigenvalue weighted by Gasteiger charge is 2.13. The van der Waals surface area contributed by atoms with E-state index in [0.29, 0.717) is 12.0 Å². The molecule has 0 radical (unpaired) electrons. The fraction of sp³-hybridized carbons (Fsp3) is 0.667. The summed E-state index contributed by atoms with van der Waals surface area (Å²) in [6.07, 6.45) is 2.54. The third-order valence-electron chi connectivity index (χ3n) is 2.97. The van der Waals surface area contributed by atoms with Crippen molar-refractivity contribution in [1.82, 2.24) is 15.5 Å². The molecule has 1 aromatic rings. The van der Waals surface area contributed by atoms with Gasteiger partial charge in [-0.3, -0.25) is 0 Å². The van der Waals surface area contributed by atoms with Gasteiger partial charge in [0.25, 0.3) is 0 Å². The largest absolute Gasteiger partial charge is 0.367 e. The monoisotopic (exact) mass is 220 g/mol. The summed E-state index contributed by atoms with van der Waals surface area (Å²) in [4.78, 5) is 0. The molecule has 0 bridgehead atoms. The lowest BCUT2D eigenvalue weighted by Crippen LogP contribution is -2.29. The van der Waals surface area contributed by atoms with Gasteiger partial charge >= 0.3 is 0 Å². The van der Waals surface area contributed by atoms with E-state index in [0.717, 1.165) is 24.6 Å². The van der Waals surface area contributed by atoms with Gasteiger partial charge in [0, 0.05) is 12.6 Å². The Labute approximate surface area is 96.9 Å². The van der Waals surface area contributed by atoms with Gasteiger partial charge < -0.3 is 10.6 Å².